The predicted octanol–water partition coefficient (Wildman–Crippen LogP) is 2.93. The lowest BCUT2D eigenvalue weighted by Gasteiger charge is -2.42. The molecule has 2 rings (SSSR count). The maximum atomic E-state index is 12.1. The van der Waals surface area contributed by atoms with E-state index in [1.807, 2.05) is 0 Å². The van der Waals surface area contributed by atoms with Gasteiger partial charge >= 0.3 is 0 Å². The molecule has 1 aromatic carbocycles. The molecule has 0 aromatic heterocycles. The van der Waals surface area contributed by atoms with Crippen LogP contribution in [0.15, 0.2) is 24.3 Å². The largest absolute Gasteiger partial charge is 0.381 e. The van der Waals surface area contributed by atoms with Crippen LogP contribution in [0.4, 0.5) is 0 Å². The summed E-state index contributed by atoms with van der Waals surface area (Å²) in [4.78, 5) is 14.4. The van der Waals surface area contributed by atoms with Crippen molar-refractivity contribution >= 4 is 5.91 Å². The standard InChI is InChI=1S/C20H32N2O2/c1-17-8-10-18(11-9-17)6-4-5-7-19(23)21-16-20(22(2)3)12-14-24-15-13-20/h8-11H,4-7,12-16H2,1-3H3,(H,21,23). The number of aryl methyl sites for hydroxylation is 2. The van der Waals surface area contributed by atoms with Crippen molar-refractivity contribution in [3.05, 3.63) is 35.4 Å². The molecule has 0 unspecified atom stereocenters. The molecular formula is C20H32N2O2. The number of rotatable bonds is 8. The maximum Gasteiger partial charge on any atom is 0.220 e. The molecule has 1 aromatic rings. The Morgan fingerprint density at radius 2 is 1.83 bits per heavy atom. The van der Waals surface area contributed by atoms with Crippen LogP contribution in [0.1, 0.15) is 43.2 Å². The minimum atomic E-state index is 0.0514. The van der Waals surface area contributed by atoms with Crippen molar-refractivity contribution in [2.75, 3.05) is 33.9 Å². The second-order valence-electron chi connectivity index (χ2n) is 7.20. The normalized spacial score (nSPS) is 17.0. The molecule has 0 aliphatic carbocycles. The predicted molar refractivity (Wildman–Crippen MR) is 98.2 cm³/mol. The first-order valence-corrected chi connectivity index (χ1v) is 9.09. The van der Waals surface area contributed by atoms with Gasteiger partial charge < -0.3 is 15.0 Å². The number of likely N-dealkylation sites (N-methyl/N-ethyl adjacent to an activating group) is 1. The Hall–Kier alpha value is -1.39. The van der Waals surface area contributed by atoms with E-state index in [0.717, 1.165) is 51.9 Å². The van der Waals surface area contributed by atoms with Crippen LogP contribution in [0.2, 0.25) is 0 Å². The maximum absolute atomic E-state index is 12.1. The third kappa shape index (κ3) is 5.60. The van der Waals surface area contributed by atoms with Crippen LogP contribution in [0.3, 0.4) is 0 Å². The third-order valence-electron chi connectivity index (χ3n) is 5.23. The van der Waals surface area contributed by atoms with Crippen LogP contribution in [-0.4, -0.2) is 50.2 Å². The average molecular weight is 332 g/mol. The van der Waals surface area contributed by atoms with Gasteiger partial charge in [-0.25, -0.2) is 0 Å². The van der Waals surface area contributed by atoms with Gasteiger partial charge in [0.15, 0.2) is 0 Å². The number of carbonyl (C=O) groups excluding carboxylic acids is 1. The van der Waals surface area contributed by atoms with Gasteiger partial charge in [0.1, 0.15) is 0 Å². The molecule has 1 N–H and O–H groups in total. The molecule has 4 nitrogen and oxygen atoms in total. The summed E-state index contributed by atoms with van der Waals surface area (Å²) in [5, 5.41) is 3.14. The number of hydrogen-bond donors (Lipinski definition) is 1. The minimum Gasteiger partial charge on any atom is -0.381 e. The van der Waals surface area contributed by atoms with E-state index in [2.05, 4.69) is 55.5 Å². The van der Waals surface area contributed by atoms with E-state index in [1.54, 1.807) is 0 Å². The minimum absolute atomic E-state index is 0.0514. The Balaban J connectivity index is 1.66. The molecule has 134 valence electrons. The van der Waals surface area contributed by atoms with E-state index in [9.17, 15) is 4.79 Å². The van der Waals surface area contributed by atoms with Gasteiger partial charge in [0.2, 0.25) is 5.91 Å². The molecule has 0 bridgehead atoms. The fourth-order valence-corrected chi connectivity index (χ4v) is 3.25. The summed E-state index contributed by atoms with van der Waals surface area (Å²) in [6.45, 7) is 4.39. The van der Waals surface area contributed by atoms with Crippen molar-refractivity contribution in [3.63, 3.8) is 0 Å². The van der Waals surface area contributed by atoms with Crippen LogP contribution in [-0.2, 0) is 16.0 Å². The van der Waals surface area contributed by atoms with Gasteiger partial charge in [-0.05, 0) is 58.7 Å². The van der Waals surface area contributed by atoms with Crippen molar-refractivity contribution < 1.29 is 9.53 Å². The van der Waals surface area contributed by atoms with Gasteiger partial charge in [0.25, 0.3) is 0 Å². The zero-order chi connectivity index (χ0) is 17.4. The molecule has 4 heteroatoms. The number of amides is 1. The first kappa shape index (κ1) is 18.9. The Kier molecular flexibility index (Phi) is 7.25. The quantitative estimate of drug-likeness (QED) is 0.744. The zero-order valence-corrected chi connectivity index (χ0v) is 15.4. The van der Waals surface area contributed by atoms with Gasteiger partial charge in [-0.1, -0.05) is 29.8 Å². The van der Waals surface area contributed by atoms with Crippen LogP contribution < -0.4 is 5.32 Å². The lowest BCUT2D eigenvalue weighted by atomic mass is 9.88. The highest BCUT2D eigenvalue weighted by atomic mass is 16.5. The van der Waals surface area contributed by atoms with Gasteiger partial charge in [-0.3, -0.25) is 4.79 Å². The topological polar surface area (TPSA) is 41.6 Å². The number of benzene rings is 1. The molecule has 0 atom stereocenters. The third-order valence-corrected chi connectivity index (χ3v) is 5.23. The molecular weight excluding hydrogens is 300 g/mol. The van der Waals surface area contributed by atoms with Gasteiger partial charge in [-0.2, -0.15) is 0 Å². The average Bonchev–Trinajstić information content (AvgIpc) is 2.59. The van der Waals surface area contributed by atoms with Crippen LogP contribution in [0, 0.1) is 6.92 Å². The molecule has 1 aliphatic heterocycles. The van der Waals surface area contributed by atoms with Gasteiger partial charge in [0, 0.05) is 31.7 Å². The zero-order valence-electron chi connectivity index (χ0n) is 15.4. The molecule has 0 saturated carbocycles. The summed E-state index contributed by atoms with van der Waals surface area (Å²) in [5.41, 5.74) is 2.70. The Bertz CT molecular complexity index is 505. The van der Waals surface area contributed by atoms with E-state index in [-0.39, 0.29) is 11.4 Å². The van der Waals surface area contributed by atoms with Crippen molar-refractivity contribution in [3.8, 4) is 0 Å². The van der Waals surface area contributed by atoms with E-state index in [4.69, 9.17) is 4.74 Å². The molecule has 0 spiro atoms. The van der Waals surface area contributed by atoms with Crippen molar-refractivity contribution in [2.24, 2.45) is 0 Å². The lowest BCUT2D eigenvalue weighted by molar-refractivity contribution is -0.122. The summed E-state index contributed by atoms with van der Waals surface area (Å²) in [5.74, 6) is 0.173. The van der Waals surface area contributed by atoms with Crippen LogP contribution in [0.25, 0.3) is 0 Å². The SMILES string of the molecule is Cc1ccc(CCCCC(=O)NCC2(N(C)C)CCOCC2)cc1. The smallest absolute Gasteiger partial charge is 0.220 e. The highest BCUT2D eigenvalue weighted by Crippen LogP contribution is 2.25. The second kappa shape index (κ2) is 9.19. The van der Waals surface area contributed by atoms with Crippen molar-refractivity contribution in [2.45, 2.75) is 51.0 Å². The summed E-state index contributed by atoms with van der Waals surface area (Å²) in [7, 11) is 4.19. The summed E-state index contributed by atoms with van der Waals surface area (Å²) >= 11 is 0. The summed E-state index contributed by atoms with van der Waals surface area (Å²) in [6, 6.07) is 8.66. The highest BCUT2D eigenvalue weighted by molar-refractivity contribution is 5.75. The summed E-state index contributed by atoms with van der Waals surface area (Å²) < 4.78 is 5.47. The monoisotopic (exact) mass is 332 g/mol. The van der Waals surface area contributed by atoms with Crippen molar-refractivity contribution in [1.82, 2.24) is 10.2 Å². The molecule has 1 fully saturated rings. The van der Waals surface area contributed by atoms with E-state index in [0.29, 0.717) is 6.42 Å². The molecule has 1 amide bonds. The first-order valence-electron chi connectivity index (χ1n) is 9.09. The number of carbonyl (C=O) groups is 1. The first-order chi connectivity index (χ1) is 11.5. The molecule has 24 heavy (non-hydrogen) atoms. The number of hydrogen-bond acceptors (Lipinski definition) is 3. The Labute approximate surface area is 146 Å². The van der Waals surface area contributed by atoms with Gasteiger partial charge in [-0.15, -0.1) is 0 Å². The number of unbranched alkanes of at least 4 members (excludes halogenated alkanes) is 1. The molecule has 1 aliphatic rings. The van der Waals surface area contributed by atoms with E-state index < -0.39 is 0 Å². The van der Waals surface area contributed by atoms with Crippen LogP contribution >= 0.6 is 0 Å². The molecule has 0 radical (unpaired) electrons. The molecule has 1 saturated heterocycles. The fraction of sp³-hybridized carbons (Fsp3) is 0.650. The van der Waals surface area contributed by atoms with E-state index in [1.165, 1.54) is 11.1 Å². The number of ether oxygens (including phenoxy) is 1. The lowest BCUT2D eigenvalue weighted by Crippen LogP contribution is -2.55. The Morgan fingerprint density at radius 3 is 2.46 bits per heavy atom. The highest BCUT2D eigenvalue weighted by Gasteiger charge is 2.34. The number of nitrogens with one attached hydrogen (secondary N) is 1. The Morgan fingerprint density at radius 1 is 1.17 bits per heavy atom. The van der Waals surface area contributed by atoms with Crippen LogP contribution in [0.5, 0.6) is 0 Å². The molecule has 1 heterocycles. The van der Waals surface area contributed by atoms with E-state index >= 15 is 0 Å². The summed E-state index contributed by atoms with van der Waals surface area (Å²) in [6.07, 6.45) is 5.63. The van der Waals surface area contributed by atoms with Crippen molar-refractivity contribution in [1.29, 1.82) is 0 Å². The van der Waals surface area contributed by atoms with Gasteiger partial charge in [0.05, 0.1) is 0 Å². The number of nitrogens with zero attached hydrogens (tertiary/aromatic N) is 1. The fourth-order valence-electron chi connectivity index (χ4n) is 3.25. The second-order valence-corrected chi connectivity index (χ2v) is 7.20.